The van der Waals surface area contributed by atoms with Gasteiger partial charge in [-0.05, 0) is 101 Å². The van der Waals surface area contributed by atoms with Gasteiger partial charge in [-0.25, -0.2) is 9.78 Å². The zero-order chi connectivity index (χ0) is 105. The van der Waals surface area contributed by atoms with E-state index < -0.39 is 137 Å². The first kappa shape index (κ1) is 126. The first-order valence-corrected chi connectivity index (χ1v) is 54.0. The fraction of sp³-hybridized carbons (Fsp3) is 0.722. The van der Waals surface area contributed by atoms with Crippen LogP contribution in [0.2, 0.25) is 0 Å². The number of nitrogens with two attached hydrogens (primary N) is 3. The molecule has 1 spiro atoms. The number of carbonyl (C=O) groups excluding carboxylic acids is 6. The highest BCUT2D eigenvalue weighted by atomic mass is 79.9. The third kappa shape index (κ3) is 32.6. The number of fused-ring (bicyclic) bond motifs is 6. The van der Waals surface area contributed by atoms with Crippen LogP contribution in [0.3, 0.4) is 0 Å². The third-order valence-corrected chi connectivity index (χ3v) is 29.8. The van der Waals surface area contributed by atoms with Gasteiger partial charge in [-0.2, -0.15) is 0 Å². The number of ether oxygens (including phenoxy) is 3. The van der Waals surface area contributed by atoms with Crippen LogP contribution in [0, 0.1) is 11.3 Å². The van der Waals surface area contributed by atoms with E-state index in [2.05, 4.69) is 190 Å². The number of rotatable bonds is 38. The zero-order valence-electron chi connectivity index (χ0n) is 80.9. The number of aromatic nitrogens is 3. The van der Waals surface area contributed by atoms with Gasteiger partial charge >= 0.3 is 12.1 Å². The van der Waals surface area contributed by atoms with E-state index in [0.717, 1.165) is 46.5 Å². The molecule has 5 amide bonds. The Morgan fingerprint density at radius 2 is 1.17 bits per heavy atom. The van der Waals surface area contributed by atoms with Crippen molar-refractivity contribution in [3.63, 3.8) is 0 Å². The summed E-state index contributed by atoms with van der Waals surface area (Å²) in [5.41, 5.74) is 14.4. The Balaban J connectivity index is 0.000000392. The van der Waals surface area contributed by atoms with Gasteiger partial charge < -0.3 is 148 Å². The van der Waals surface area contributed by atoms with Crippen molar-refractivity contribution in [1.82, 2.24) is 55.1 Å². The summed E-state index contributed by atoms with van der Waals surface area (Å²) in [5, 5.41) is 166. The molecule has 7 aliphatic rings. The molecule has 8 heterocycles. The Hall–Kier alpha value is -4.79. The van der Waals surface area contributed by atoms with Gasteiger partial charge in [-0.1, -0.05) is 166 Å². The van der Waals surface area contributed by atoms with Crippen LogP contribution < -0.4 is 37.5 Å². The Bertz CT molecular complexity index is 4330. The smallest absolute Gasteiger partial charge is 0.404 e. The van der Waals surface area contributed by atoms with Crippen molar-refractivity contribution in [3.05, 3.63) is 83.0 Å². The Kier molecular flexibility index (Phi) is 56.2. The van der Waals surface area contributed by atoms with E-state index in [9.17, 15) is 80.1 Å². The molecule has 22 atom stereocenters. The molecule has 3 saturated heterocycles. The fourth-order valence-electron chi connectivity index (χ4n) is 18.8. The molecule has 41 nitrogen and oxygen atoms in total. The molecule has 1 saturated carbocycles. The average Bonchev–Trinajstić information content (AvgIpc) is 1.48. The van der Waals surface area contributed by atoms with E-state index in [-0.39, 0.29) is 69.7 Å². The number of hydrogen-bond acceptors (Lipinski definition) is 33. The summed E-state index contributed by atoms with van der Waals surface area (Å²) in [7, 11) is 8.32. The average molecular weight is 2400 g/mol. The maximum absolute atomic E-state index is 15.2. The topological polar surface area (TPSA) is 628 Å². The number of aromatic amines is 2. The number of carbonyl (C=O) groups is 6. The van der Waals surface area contributed by atoms with Crippen LogP contribution in [-0.2, 0) is 45.9 Å². The third-order valence-electron chi connectivity index (χ3n) is 25.9. The monoisotopic (exact) mass is 2400 g/mol. The van der Waals surface area contributed by atoms with Crippen molar-refractivity contribution in [1.29, 1.82) is 0 Å². The van der Waals surface area contributed by atoms with Gasteiger partial charge in [0.15, 0.2) is 17.1 Å². The van der Waals surface area contributed by atoms with Crippen LogP contribution in [0.1, 0.15) is 119 Å². The lowest BCUT2D eigenvalue weighted by Gasteiger charge is -2.63. The van der Waals surface area contributed by atoms with Crippen molar-refractivity contribution in [2.24, 2.45) is 38.9 Å². The molecule has 25 N–H and O–H groups in total. The number of amides is 5. The number of esters is 1. The number of nitrogens with one attached hydrogen (secondary N) is 4. The second kappa shape index (κ2) is 61.7. The van der Waals surface area contributed by atoms with Crippen molar-refractivity contribution >= 4 is 177 Å². The minimum atomic E-state index is -2.30. The second-order valence-electron chi connectivity index (χ2n) is 34.8. The predicted octanol–water partition coefficient (Wildman–Crippen LogP) is 2.00. The summed E-state index contributed by atoms with van der Waals surface area (Å²) in [6.07, 6.45) is -7.38. The molecule has 2 bridgehead atoms. The van der Waals surface area contributed by atoms with Crippen LogP contribution in [0.25, 0.3) is 10.9 Å². The molecule has 2 aromatic heterocycles. The quantitative estimate of drug-likeness (QED) is 0.00762. The standard InChI is InChI=1S/C43H55N5O7.C10H16Br2N2O2.C10H22Cl2N2O4.2C6H12Br2O4.C6H10N6O.C6H15N.C3H7NO2/c1-6-39(52)21-25-22-42(38(51)55-5,33-27(13-17-47(23-25)24-39)26-11-8-9-12-30(26)45-33)29-19-28-31(20-32(29)54-4)46(3)35-41(28)15-18-48-16-10-14-40(7-2,34(41)48)36(49)43(35,53)37(44)50;11-3-1-9(15)13-5-7-14(8-6-13)10(16)2-4-12;11-1-3-13-5-7(15)9(17)10(18)8(16)6-14-4-2-12;2*7-1-3(9)5(11)6(12)4(10)2-8;1-12(2)11-10-6-4(5(7)13)8-3-9-6;1-4-7(5-2)6-3;1-2-6-3(4)5/h8-12,14,19-20,25,34-36,45,49,52-53H,6-7,13,15-18,21-24H2,1-5H3,(H2,44,50);1-8H2;7-10,13-18H,1-6H2;2*3-6,9-12H,1-2H2;3H,1-2H3,(H2,7,13)(H,8,9);4-6H2,1-3H3;2H2,1H3,(H2,4,5)/b;;;;;11-10+;;/t25-,34+,35-,36-,39+,40-,41-,42+,43+;;7-,8-,9-,10-;;;;;/m1.1...../s1. The van der Waals surface area contributed by atoms with Gasteiger partial charge in [0.05, 0.1) is 75.4 Å². The number of nitrogens with zero attached hydrogens (tertiary/aromatic N) is 10. The molecule has 794 valence electrons. The predicted molar refractivity (Wildman–Crippen MR) is 552 cm³/mol. The summed E-state index contributed by atoms with van der Waals surface area (Å²) in [6.45, 7) is 23.4. The van der Waals surface area contributed by atoms with Crippen LogP contribution in [0.4, 0.5) is 16.3 Å². The van der Waals surface area contributed by atoms with Gasteiger partial charge in [0.25, 0.3) is 11.8 Å². The van der Waals surface area contributed by atoms with E-state index >= 15 is 4.79 Å². The van der Waals surface area contributed by atoms with Crippen LogP contribution in [0.15, 0.2) is 65.2 Å². The molecule has 9 unspecified atom stereocenters. The number of alkyl halides is 8. The van der Waals surface area contributed by atoms with Crippen LogP contribution in [-0.4, -0.2) is 450 Å². The molecule has 4 aromatic rings. The lowest BCUT2D eigenvalue weighted by atomic mass is 9.47. The summed E-state index contributed by atoms with van der Waals surface area (Å²) in [6, 6.07) is 11.0. The number of piperazine rings is 1. The molecule has 11 rings (SSSR count). The minimum absolute atomic E-state index is 0.0790. The molecule has 0 radical (unpaired) electrons. The second-order valence-corrected chi connectivity index (χ2v) is 39.7. The molecular formula is C90H149Br6Cl2N17O24. The van der Waals surface area contributed by atoms with Crippen molar-refractivity contribution in [3.8, 4) is 5.75 Å². The number of hydrogen-bond donors (Lipinski definition) is 22. The maximum Gasteiger partial charge on any atom is 0.404 e. The highest BCUT2D eigenvalue weighted by Gasteiger charge is 2.78. The number of aliphatic hydroxyl groups is 15. The fourth-order valence-corrected chi connectivity index (χ4v) is 21.3. The van der Waals surface area contributed by atoms with E-state index in [1.807, 2.05) is 72.0 Å². The summed E-state index contributed by atoms with van der Waals surface area (Å²) >= 11 is 29.1. The van der Waals surface area contributed by atoms with Crippen LogP contribution in [0.5, 0.6) is 5.75 Å². The van der Waals surface area contributed by atoms with Gasteiger partial charge in [0.2, 0.25) is 11.8 Å². The molecule has 49 heteroatoms. The Morgan fingerprint density at radius 3 is 1.58 bits per heavy atom. The van der Waals surface area contributed by atoms with Gasteiger partial charge in [-0.15, -0.1) is 28.3 Å². The molecule has 1 aliphatic carbocycles. The Labute approximate surface area is 874 Å². The number of halogens is 8. The number of methoxy groups -OCH3 is 2. The number of primary amides is 3. The normalized spacial score (nSPS) is 25.2. The Morgan fingerprint density at radius 1 is 0.669 bits per heavy atom. The molecule has 2 aromatic carbocycles. The number of anilines is 1. The number of aliphatic hydroxyl groups excluding tert-OH is 13. The minimum Gasteiger partial charge on any atom is -0.496 e. The highest BCUT2D eigenvalue weighted by Crippen LogP contribution is 2.68. The number of piperidine rings is 1. The van der Waals surface area contributed by atoms with E-state index in [1.54, 1.807) is 28.1 Å². The summed E-state index contributed by atoms with van der Waals surface area (Å²) in [4.78, 5) is 95.2. The van der Waals surface area contributed by atoms with Crippen molar-refractivity contribution in [2.45, 2.75) is 206 Å². The van der Waals surface area contributed by atoms with Crippen molar-refractivity contribution in [2.75, 3.05) is 195 Å². The maximum atomic E-state index is 15.2. The first-order chi connectivity index (χ1) is 65.8. The lowest BCUT2D eigenvalue weighted by molar-refractivity contribution is -0.201. The first-order valence-electron chi connectivity index (χ1n) is 46.2. The molecule has 4 fully saturated rings. The summed E-state index contributed by atoms with van der Waals surface area (Å²) < 4.78 is 16.4. The largest absolute Gasteiger partial charge is 0.496 e. The van der Waals surface area contributed by atoms with E-state index in [4.69, 9.17) is 64.6 Å². The number of likely N-dealkylation sites (N-methyl/N-ethyl adjacent to an activating group) is 1. The van der Waals surface area contributed by atoms with E-state index in [1.165, 1.54) is 38.1 Å². The number of para-hydroxylation sites is 1. The molecule has 6 aliphatic heterocycles. The van der Waals surface area contributed by atoms with E-state index in [0.29, 0.717) is 151 Å². The molecular weight excluding hydrogens is 2250 g/mol. The van der Waals surface area contributed by atoms with Crippen LogP contribution >= 0.6 is 119 Å². The lowest BCUT2D eigenvalue weighted by Crippen LogP contribution is -2.81. The number of benzene rings is 2. The molecule has 139 heavy (non-hydrogen) atoms. The van der Waals surface area contributed by atoms with Gasteiger partial charge in [0, 0.05) is 207 Å². The SMILES string of the molecule is CCN(CC)CC.CCOC(N)=O.CC[C@]1(O)C[C@H]2CN(CCc3c([nH]c4ccccc34)[C@@](C(=O)OC)(c3cc4c(cc3OC)N(C)[C@H]3[C@@](O)(C(N)=O)[C@H](O)[C@]5(CC)C=CCN6CC[C@]43[C@@H]65)C2)C1.CN(C)/N=N/c1[nH]cnc1C(N)=O.O=C(CCBr)N1CCN(C(=O)CCBr)CC1.OC(CBr)C(O)C(O)C(O)CBr.OC(CBr)C(O)C(O)C(O)CBr.O[C@@H]([C@H](O)[C@H](O)CNCCCl)[C@H](O)CNCCCl. The highest BCUT2D eigenvalue weighted by molar-refractivity contribution is 9.10. The summed E-state index contributed by atoms with van der Waals surface area (Å²) in [5.74, 6) is -0.255. The number of imidazole rings is 1. The van der Waals surface area contributed by atoms with Gasteiger partial charge in [0.1, 0.15) is 53.9 Å². The number of H-pyrrole nitrogens is 2. The zero-order valence-corrected chi connectivity index (χ0v) is 91.9. The van der Waals surface area contributed by atoms with Crippen molar-refractivity contribution < 1.29 is 120 Å². The van der Waals surface area contributed by atoms with Gasteiger partial charge in [-0.3, -0.25) is 38.8 Å².